The minimum Gasteiger partial charge on any atom is -0.504 e. The van der Waals surface area contributed by atoms with Crippen LogP contribution in [0.15, 0.2) is 17.1 Å². The van der Waals surface area contributed by atoms with Crippen LogP contribution in [-0.4, -0.2) is 24.6 Å². The maximum Gasteiger partial charge on any atom is 0.235 e. The summed E-state index contributed by atoms with van der Waals surface area (Å²) in [5.74, 6) is 0.163. The predicted molar refractivity (Wildman–Crippen MR) is 63.7 cm³/mol. The van der Waals surface area contributed by atoms with Crippen molar-refractivity contribution in [3.05, 3.63) is 23.3 Å². The van der Waals surface area contributed by atoms with Crippen molar-refractivity contribution in [1.29, 1.82) is 0 Å². The minimum absolute atomic E-state index is 0.104. The Morgan fingerprint density at radius 2 is 2.22 bits per heavy atom. The topological polar surface area (TPSA) is 76.0 Å². The van der Waals surface area contributed by atoms with Gasteiger partial charge in [-0.1, -0.05) is 0 Å². The number of hydrogen-bond acceptors (Lipinski definition) is 5. The fourth-order valence-electron chi connectivity index (χ4n) is 2.29. The smallest absolute Gasteiger partial charge is 0.235 e. The molecule has 94 valence electrons. The molecular weight excluding hydrogens is 234 g/mol. The van der Waals surface area contributed by atoms with Crippen LogP contribution in [0, 0.1) is 0 Å². The maximum absolute atomic E-state index is 11.1. The van der Waals surface area contributed by atoms with Gasteiger partial charge in [-0.3, -0.25) is 4.79 Å². The van der Waals surface area contributed by atoms with E-state index in [9.17, 15) is 14.7 Å². The van der Waals surface area contributed by atoms with Crippen molar-refractivity contribution in [1.82, 2.24) is 0 Å². The second-order valence-corrected chi connectivity index (χ2v) is 4.32. The molecule has 5 heteroatoms. The van der Waals surface area contributed by atoms with Crippen molar-refractivity contribution in [2.45, 2.75) is 24.8 Å². The summed E-state index contributed by atoms with van der Waals surface area (Å²) in [6.07, 6.45) is 4.54. The number of carbonyl (C=O) groups is 1. The number of phenols is 1. The summed E-state index contributed by atoms with van der Waals surface area (Å²) in [5.41, 5.74) is 0.257. The highest BCUT2D eigenvalue weighted by Crippen LogP contribution is 2.47. The number of methoxy groups -OCH3 is 1. The zero-order valence-electron chi connectivity index (χ0n) is 9.97. The lowest BCUT2D eigenvalue weighted by molar-refractivity contribution is 0.111. The molecule has 1 fully saturated rings. The summed E-state index contributed by atoms with van der Waals surface area (Å²) in [6, 6.07) is 2.90. The van der Waals surface area contributed by atoms with Crippen LogP contribution >= 0.6 is 0 Å². The zero-order chi connectivity index (χ0) is 13.2. The van der Waals surface area contributed by atoms with Crippen molar-refractivity contribution in [3.8, 4) is 11.5 Å². The van der Waals surface area contributed by atoms with Gasteiger partial charge in [0.05, 0.1) is 12.6 Å². The van der Waals surface area contributed by atoms with Gasteiger partial charge < -0.3 is 9.84 Å². The number of rotatable bonds is 4. The monoisotopic (exact) mass is 247 g/mol. The highest BCUT2D eigenvalue weighted by molar-refractivity contribution is 5.80. The lowest BCUT2D eigenvalue weighted by atomic mass is 9.71. The summed E-state index contributed by atoms with van der Waals surface area (Å²) in [6.45, 7) is 0. The molecule has 1 aromatic rings. The highest BCUT2D eigenvalue weighted by atomic mass is 16.5. The Bertz CT molecular complexity index is 528. The Balaban J connectivity index is 2.61. The van der Waals surface area contributed by atoms with Gasteiger partial charge in [-0.05, 0) is 37.0 Å². The highest BCUT2D eigenvalue weighted by Gasteiger charge is 2.41. The SMILES string of the molecule is COc1cc(C2(N=C=O)CCC2)c(C=O)cc1O. The van der Waals surface area contributed by atoms with E-state index in [0.717, 1.165) is 6.42 Å². The molecule has 0 atom stereocenters. The van der Waals surface area contributed by atoms with Gasteiger partial charge in [0.25, 0.3) is 0 Å². The van der Waals surface area contributed by atoms with E-state index in [4.69, 9.17) is 4.74 Å². The van der Waals surface area contributed by atoms with Gasteiger partial charge in [-0.15, -0.1) is 0 Å². The van der Waals surface area contributed by atoms with Gasteiger partial charge in [-0.25, -0.2) is 4.79 Å². The second kappa shape index (κ2) is 4.63. The largest absolute Gasteiger partial charge is 0.504 e. The number of carbonyl (C=O) groups excluding carboxylic acids is 2. The first-order chi connectivity index (χ1) is 8.66. The standard InChI is InChI=1S/C13H13NO4/c1-18-12-6-10(9(7-15)5-11(12)17)13(14-8-16)3-2-4-13/h5-7,17H,2-4H2,1H3. The number of aldehydes is 1. The van der Waals surface area contributed by atoms with Crippen molar-refractivity contribution in [3.63, 3.8) is 0 Å². The Morgan fingerprint density at radius 3 is 2.67 bits per heavy atom. The molecule has 1 N–H and O–H groups in total. The number of aliphatic imine (C=N–C) groups is 1. The lowest BCUT2D eigenvalue weighted by Crippen LogP contribution is -2.33. The second-order valence-electron chi connectivity index (χ2n) is 4.32. The van der Waals surface area contributed by atoms with Crippen LogP contribution in [0.3, 0.4) is 0 Å². The lowest BCUT2D eigenvalue weighted by Gasteiger charge is -2.38. The van der Waals surface area contributed by atoms with E-state index in [0.29, 0.717) is 30.3 Å². The third-order valence-corrected chi connectivity index (χ3v) is 3.42. The Labute approximate surface area is 104 Å². The van der Waals surface area contributed by atoms with E-state index in [1.807, 2.05) is 0 Å². The number of aromatic hydroxyl groups is 1. The number of benzene rings is 1. The van der Waals surface area contributed by atoms with E-state index in [2.05, 4.69) is 4.99 Å². The molecule has 1 saturated carbocycles. The van der Waals surface area contributed by atoms with Crippen LogP contribution in [0.5, 0.6) is 11.5 Å². The average molecular weight is 247 g/mol. The molecule has 0 aromatic heterocycles. The van der Waals surface area contributed by atoms with Crippen LogP contribution in [0.25, 0.3) is 0 Å². The van der Waals surface area contributed by atoms with Crippen LogP contribution in [-0.2, 0) is 10.3 Å². The summed E-state index contributed by atoms with van der Waals surface area (Å²) < 4.78 is 5.02. The molecule has 0 aliphatic heterocycles. The predicted octanol–water partition coefficient (Wildman–Crippen LogP) is 1.93. The van der Waals surface area contributed by atoms with Gasteiger partial charge in [0.15, 0.2) is 17.8 Å². The molecule has 0 radical (unpaired) electrons. The zero-order valence-corrected chi connectivity index (χ0v) is 9.97. The summed E-state index contributed by atoms with van der Waals surface area (Å²) in [4.78, 5) is 25.5. The van der Waals surface area contributed by atoms with Crippen molar-refractivity contribution < 1.29 is 19.4 Å². The first-order valence-corrected chi connectivity index (χ1v) is 5.62. The fraction of sp³-hybridized carbons (Fsp3) is 0.385. The molecule has 5 nitrogen and oxygen atoms in total. The molecule has 0 spiro atoms. The van der Waals surface area contributed by atoms with Gasteiger partial charge in [0, 0.05) is 5.56 Å². The normalized spacial score (nSPS) is 16.3. The van der Waals surface area contributed by atoms with Crippen molar-refractivity contribution in [2.75, 3.05) is 7.11 Å². The Kier molecular flexibility index (Phi) is 3.17. The van der Waals surface area contributed by atoms with Gasteiger partial charge in [0.2, 0.25) is 6.08 Å². The molecular formula is C13H13NO4. The molecule has 0 amide bonds. The van der Waals surface area contributed by atoms with Crippen LogP contribution in [0.4, 0.5) is 0 Å². The van der Waals surface area contributed by atoms with Crippen LogP contribution in [0.2, 0.25) is 0 Å². The van der Waals surface area contributed by atoms with Crippen molar-refractivity contribution >= 4 is 12.4 Å². The van der Waals surface area contributed by atoms with Crippen LogP contribution in [0.1, 0.15) is 35.2 Å². The van der Waals surface area contributed by atoms with E-state index in [1.54, 1.807) is 12.1 Å². The van der Waals surface area contributed by atoms with Crippen molar-refractivity contribution in [2.24, 2.45) is 4.99 Å². The number of nitrogens with zero attached hydrogens (tertiary/aromatic N) is 1. The maximum atomic E-state index is 11.1. The summed E-state index contributed by atoms with van der Waals surface area (Å²) >= 11 is 0. The quantitative estimate of drug-likeness (QED) is 0.501. The van der Waals surface area contributed by atoms with Gasteiger partial charge >= 0.3 is 0 Å². The number of hydrogen-bond donors (Lipinski definition) is 1. The van der Waals surface area contributed by atoms with E-state index < -0.39 is 5.54 Å². The molecule has 1 aliphatic carbocycles. The molecule has 0 heterocycles. The molecule has 0 unspecified atom stereocenters. The third-order valence-electron chi connectivity index (χ3n) is 3.42. The van der Waals surface area contributed by atoms with Crippen LogP contribution < -0.4 is 4.74 Å². The molecule has 0 saturated heterocycles. The van der Waals surface area contributed by atoms with Gasteiger partial charge in [-0.2, -0.15) is 4.99 Å². The molecule has 18 heavy (non-hydrogen) atoms. The van der Waals surface area contributed by atoms with Gasteiger partial charge in [0.1, 0.15) is 0 Å². The summed E-state index contributed by atoms with van der Waals surface area (Å²) in [5, 5.41) is 9.64. The minimum atomic E-state index is -0.682. The number of phenolic OH excluding ortho intramolecular Hbond substituents is 1. The van der Waals surface area contributed by atoms with E-state index in [1.165, 1.54) is 13.2 Å². The first-order valence-electron chi connectivity index (χ1n) is 5.62. The molecule has 0 bridgehead atoms. The number of ether oxygens (including phenoxy) is 1. The van der Waals surface area contributed by atoms with E-state index in [-0.39, 0.29) is 11.5 Å². The Hall–Kier alpha value is -2.13. The average Bonchev–Trinajstić information content (AvgIpc) is 2.33. The third kappa shape index (κ3) is 1.79. The Morgan fingerprint density at radius 1 is 1.50 bits per heavy atom. The molecule has 1 aromatic carbocycles. The molecule has 2 rings (SSSR count). The molecule has 1 aliphatic rings. The summed E-state index contributed by atoms with van der Waals surface area (Å²) in [7, 11) is 1.43. The number of isocyanates is 1. The fourth-order valence-corrected chi connectivity index (χ4v) is 2.29. The first kappa shape index (κ1) is 12.3. The van der Waals surface area contributed by atoms with E-state index >= 15 is 0 Å².